The summed E-state index contributed by atoms with van der Waals surface area (Å²) in [5.41, 5.74) is 0.538. The van der Waals surface area contributed by atoms with Gasteiger partial charge in [0.2, 0.25) is 11.9 Å². The second-order valence-electron chi connectivity index (χ2n) is 10.5. The summed E-state index contributed by atoms with van der Waals surface area (Å²) in [6.07, 6.45) is 3.37. The molecule has 1 aliphatic rings. The third kappa shape index (κ3) is 9.38. The fourth-order valence-corrected chi connectivity index (χ4v) is 4.01. The van der Waals surface area contributed by atoms with Gasteiger partial charge in [-0.3, -0.25) is 9.69 Å². The summed E-state index contributed by atoms with van der Waals surface area (Å²) in [7, 11) is 1.57. The molecule has 2 atom stereocenters. The van der Waals surface area contributed by atoms with E-state index in [4.69, 9.17) is 9.47 Å². The van der Waals surface area contributed by atoms with Gasteiger partial charge in [0.25, 0.3) is 0 Å². The topological polar surface area (TPSA) is 118 Å². The molecule has 2 amide bonds. The summed E-state index contributed by atoms with van der Waals surface area (Å²) in [5, 5.41) is 9.17. The zero-order valence-electron chi connectivity index (χ0n) is 23.8. The summed E-state index contributed by atoms with van der Waals surface area (Å²) in [6.45, 7) is 8.85. The van der Waals surface area contributed by atoms with Gasteiger partial charge in [0.05, 0.1) is 24.4 Å². The number of hydrogen-bond donors (Lipinski definition) is 3. The minimum atomic E-state index is -0.656. The van der Waals surface area contributed by atoms with Gasteiger partial charge >= 0.3 is 6.09 Å². The Balaban J connectivity index is 1.54. The lowest BCUT2D eigenvalue weighted by Crippen LogP contribution is -2.47. The first-order valence-electron chi connectivity index (χ1n) is 13.5. The molecule has 0 saturated carbocycles. The fraction of sp³-hybridized carbons (Fsp3) is 0.517. The van der Waals surface area contributed by atoms with Gasteiger partial charge in [-0.1, -0.05) is 24.8 Å². The van der Waals surface area contributed by atoms with E-state index in [-0.39, 0.29) is 17.8 Å². The van der Waals surface area contributed by atoms with Crippen LogP contribution >= 0.6 is 0 Å². The molecule has 1 saturated heterocycles. The SMILES string of the molecule is CCCNc1nc(Nc2cccc(F)c2)ncc1C#CCCCNC(=O)[C@@H]1C[C@H](OC)CN1C(=O)OC(C)(C)C. The molecule has 10 nitrogen and oxygen atoms in total. The third-order valence-electron chi connectivity index (χ3n) is 5.94. The molecule has 0 spiro atoms. The molecule has 40 heavy (non-hydrogen) atoms. The van der Waals surface area contributed by atoms with E-state index in [0.29, 0.717) is 61.9 Å². The number of carbonyl (C=O) groups excluding carboxylic acids is 2. The van der Waals surface area contributed by atoms with Gasteiger partial charge in [-0.05, 0) is 51.8 Å². The number of halogens is 1. The van der Waals surface area contributed by atoms with Crippen molar-refractivity contribution in [2.24, 2.45) is 0 Å². The number of rotatable bonds is 10. The van der Waals surface area contributed by atoms with Crippen LogP contribution in [-0.4, -0.2) is 71.4 Å². The molecule has 3 rings (SSSR count). The first kappa shape index (κ1) is 30.6. The van der Waals surface area contributed by atoms with Crippen LogP contribution in [0.3, 0.4) is 0 Å². The molecule has 1 aromatic heterocycles. The highest BCUT2D eigenvalue weighted by molar-refractivity contribution is 5.86. The normalized spacial score (nSPS) is 16.6. The van der Waals surface area contributed by atoms with Crippen molar-refractivity contribution in [1.29, 1.82) is 0 Å². The van der Waals surface area contributed by atoms with Crippen LogP contribution in [0, 0.1) is 17.7 Å². The Hall–Kier alpha value is -3.91. The molecule has 216 valence electrons. The summed E-state index contributed by atoms with van der Waals surface area (Å²) in [5.74, 6) is 6.55. The number of anilines is 3. The highest BCUT2D eigenvalue weighted by Gasteiger charge is 2.41. The smallest absolute Gasteiger partial charge is 0.411 e. The fourth-order valence-electron chi connectivity index (χ4n) is 4.01. The number of benzene rings is 1. The van der Waals surface area contributed by atoms with Gasteiger partial charge in [-0.2, -0.15) is 4.98 Å². The van der Waals surface area contributed by atoms with Crippen molar-refractivity contribution in [2.45, 2.75) is 71.1 Å². The Morgan fingerprint density at radius 2 is 2.05 bits per heavy atom. The van der Waals surface area contributed by atoms with E-state index in [1.165, 1.54) is 17.0 Å². The van der Waals surface area contributed by atoms with Gasteiger partial charge < -0.3 is 25.4 Å². The summed E-state index contributed by atoms with van der Waals surface area (Å²) in [6, 6.07) is 5.43. The molecule has 0 unspecified atom stereocenters. The van der Waals surface area contributed by atoms with Gasteiger partial charge in [0.15, 0.2) is 0 Å². The number of unbranched alkanes of at least 4 members (excludes halogenated alkanes) is 1. The lowest BCUT2D eigenvalue weighted by atomic mass is 10.2. The van der Waals surface area contributed by atoms with Gasteiger partial charge in [0, 0.05) is 38.7 Å². The second kappa shape index (κ2) is 14.5. The Morgan fingerprint density at radius 3 is 2.75 bits per heavy atom. The zero-order valence-corrected chi connectivity index (χ0v) is 23.8. The van der Waals surface area contributed by atoms with E-state index >= 15 is 0 Å². The van der Waals surface area contributed by atoms with Crippen molar-refractivity contribution < 1.29 is 23.5 Å². The maximum atomic E-state index is 13.5. The summed E-state index contributed by atoms with van der Waals surface area (Å²) >= 11 is 0. The minimum Gasteiger partial charge on any atom is -0.444 e. The van der Waals surface area contributed by atoms with Gasteiger partial charge in [-0.25, -0.2) is 14.2 Å². The van der Waals surface area contributed by atoms with E-state index < -0.39 is 17.7 Å². The predicted molar refractivity (Wildman–Crippen MR) is 152 cm³/mol. The van der Waals surface area contributed by atoms with Crippen molar-refractivity contribution in [1.82, 2.24) is 20.2 Å². The standard InChI is InChI=1S/C29H39FN6O4/c1-6-14-31-25-20(18-33-27(35-25)34-22-13-10-12-21(30)16-22)11-8-7-9-15-32-26(37)24-17-23(39-5)19-36(24)28(38)40-29(2,3)4/h10,12-13,16,18,23-24H,6-7,9,14-15,17,19H2,1-5H3,(H,32,37)(H2,31,33,34,35)/t23-,24-/m0/s1. The Kier molecular flexibility index (Phi) is 11.1. The Morgan fingerprint density at radius 1 is 1.25 bits per heavy atom. The highest BCUT2D eigenvalue weighted by atomic mass is 19.1. The number of methoxy groups -OCH3 is 1. The highest BCUT2D eigenvalue weighted by Crippen LogP contribution is 2.23. The number of hydrogen-bond acceptors (Lipinski definition) is 8. The van der Waals surface area contributed by atoms with Crippen molar-refractivity contribution >= 4 is 29.5 Å². The third-order valence-corrected chi connectivity index (χ3v) is 5.94. The van der Waals surface area contributed by atoms with Crippen LogP contribution in [0.1, 0.15) is 58.9 Å². The second-order valence-corrected chi connectivity index (χ2v) is 10.5. The van der Waals surface area contributed by atoms with Crippen molar-refractivity contribution in [3.05, 3.63) is 41.8 Å². The molecule has 0 aliphatic carbocycles. The van der Waals surface area contributed by atoms with E-state index in [9.17, 15) is 14.0 Å². The molecule has 3 N–H and O–H groups in total. The van der Waals surface area contributed by atoms with E-state index in [0.717, 1.165) is 6.42 Å². The lowest BCUT2D eigenvalue weighted by molar-refractivity contribution is -0.125. The van der Waals surface area contributed by atoms with E-state index in [2.05, 4.69) is 37.8 Å². The minimum absolute atomic E-state index is 0.220. The molecule has 1 fully saturated rings. The molecule has 1 aliphatic heterocycles. The molecule has 11 heteroatoms. The van der Waals surface area contributed by atoms with Crippen molar-refractivity contribution in [3.8, 4) is 11.8 Å². The summed E-state index contributed by atoms with van der Waals surface area (Å²) < 4.78 is 24.4. The average Bonchev–Trinajstić information content (AvgIpc) is 3.34. The molecular formula is C29H39FN6O4. The van der Waals surface area contributed by atoms with Gasteiger partial charge in [-0.15, -0.1) is 0 Å². The largest absolute Gasteiger partial charge is 0.444 e. The van der Waals surface area contributed by atoms with Crippen molar-refractivity contribution in [3.63, 3.8) is 0 Å². The molecule has 0 bridgehead atoms. The number of carbonyl (C=O) groups is 2. The molecule has 2 aromatic rings. The number of nitrogens with zero attached hydrogens (tertiary/aromatic N) is 3. The maximum absolute atomic E-state index is 13.5. The van der Waals surface area contributed by atoms with Crippen LogP contribution in [0.4, 0.5) is 26.6 Å². The molecule has 1 aromatic carbocycles. The number of aromatic nitrogens is 2. The van der Waals surface area contributed by atoms with Crippen LogP contribution in [0.2, 0.25) is 0 Å². The molecule has 2 heterocycles. The van der Waals surface area contributed by atoms with Crippen LogP contribution in [0.5, 0.6) is 0 Å². The maximum Gasteiger partial charge on any atom is 0.411 e. The average molecular weight is 555 g/mol. The first-order valence-corrected chi connectivity index (χ1v) is 13.5. The number of amides is 2. The lowest BCUT2D eigenvalue weighted by Gasteiger charge is -2.27. The number of likely N-dealkylation sites (tertiary alicyclic amines) is 1. The summed E-state index contributed by atoms with van der Waals surface area (Å²) in [4.78, 5) is 35.7. The zero-order chi connectivity index (χ0) is 29.1. The van der Waals surface area contributed by atoms with Crippen molar-refractivity contribution in [2.75, 3.05) is 37.4 Å². The van der Waals surface area contributed by atoms with Crippen LogP contribution < -0.4 is 16.0 Å². The van der Waals surface area contributed by atoms with Crippen LogP contribution in [-0.2, 0) is 14.3 Å². The number of ether oxygens (including phenoxy) is 2. The Bertz CT molecular complexity index is 1220. The van der Waals surface area contributed by atoms with Gasteiger partial charge in [0.1, 0.15) is 23.3 Å². The van der Waals surface area contributed by atoms with Crippen LogP contribution in [0.15, 0.2) is 30.5 Å². The molecular weight excluding hydrogens is 515 g/mol. The first-order chi connectivity index (χ1) is 19.1. The van der Waals surface area contributed by atoms with Crippen LogP contribution in [0.25, 0.3) is 0 Å². The van der Waals surface area contributed by atoms with E-state index in [1.54, 1.807) is 46.2 Å². The monoisotopic (exact) mass is 554 g/mol. The molecule has 0 radical (unpaired) electrons. The quantitative estimate of drug-likeness (QED) is 0.291. The van der Waals surface area contributed by atoms with E-state index in [1.807, 2.05) is 6.92 Å². The predicted octanol–water partition coefficient (Wildman–Crippen LogP) is 4.45. The number of nitrogens with one attached hydrogen (secondary N) is 3. The Labute approximate surface area is 235 Å².